The number of imide groups is 2. The predicted molar refractivity (Wildman–Crippen MR) is 253 cm³/mol. The molecule has 18 heteroatoms. The van der Waals surface area contributed by atoms with Gasteiger partial charge in [-0.15, -0.1) is 21.5 Å². The van der Waals surface area contributed by atoms with Crippen molar-refractivity contribution in [3.05, 3.63) is 116 Å². The summed E-state index contributed by atoms with van der Waals surface area (Å²) in [5, 5.41) is 15.9. The minimum atomic E-state index is -0.979. The van der Waals surface area contributed by atoms with Crippen molar-refractivity contribution in [3.8, 4) is 10.8 Å². The highest BCUT2D eigenvalue weighted by molar-refractivity contribution is 7.15. The Morgan fingerprint density at radius 3 is 2.39 bits per heavy atom. The molecule has 8 heterocycles. The number of carbonyl (C=O) groups is 5. The minimum absolute atomic E-state index is 0.0740. The van der Waals surface area contributed by atoms with Gasteiger partial charge in [-0.25, -0.2) is 0 Å². The number of piperidine rings is 2. The fourth-order valence-corrected chi connectivity index (χ4v) is 11.7. The SMILES string of the molecule is Cc1sc2c(c1C)C(c1ccc(Cl)cc1)=N[C@@H](CC(=O)Nc1ccc(OC3CN([C@@H]4CCCN(C5CN(c6ccc7c(c6)C(=O)N(C6CCC(=O)NC6=O)C7=O)C5)C4)C3)cc1)c1nnc(C)n1-2. The highest BCUT2D eigenvalue weighted by atomic mass is 35.5. The van der Waals surface area contributed by atoms with Crippen LogP contribution in [0.5, 0.6) is 5.75 Å². The monoisotopic (exact) mass is 940 g/mol. The van der Waals surface area contributed by atoms with Crippen molar-refractivity contribution < 1.29 is 28.7 Å². The molecular formula is C49H49ClN10O6S. The van der Waals surface area contributed by atoms with E-state index >= 15 is 0 Å². The molecule has 67 heavy (non-hydrogen) atoms. The number of nitrogens with zero attached hydrogens (tertiary/aromatic N) is 8. The standard InChI is InChI=1S/C49H49ClN10O6S/c1-26-27(2)67-49-43(26)44(29-6-8-30(50)9-7-29)52-39(45-55-54-28(3)59(45)49)20-42(62)51-31-10-13-35(14-11-31)66-36-24-58(25-36)33-5-4-18-56(21-33)34-22-57(23-34)32-12-15-37-38(19-32)48(65)60(47(37)64)40-16-17-41(61)53-46(40)63/h6-15,19,33-34,36,39-40H,4-5,16-18,20-25H2,1-3H3,(H,51,62)(H,53,61,63)/t33-,39+,40?/m1/s1. The van der Waals surface area contributed by atoms with Crippen LogP contribution in [0.3, 0.4) is 0 Å². The van der Waals surface area contributed by atoms with Crippen LogP contribution in [0.4, 0.5) is 11.4 Å². The minimum Gasteiger partial charge on any atom is -0.488 e. The fourth-order valence-electron chi connectivity index (χ4n) is 10.3. The van der Waals surface area contributed by atoms with Gasteiger partial charge in [0.05, 0.1) is 23.3 Å². The molecule has 16 nitrogen and oxygen atoms in total. The molecule has 4 saturated heterocycles. The molecule has 2 N–H and O–H groups in total. The lowest BCUT2D eigenvalue weighted by atomic mass is 9.95. The van der Waals surface area contributed by atoms with Crippen LogP contribution in [-0.4, -0.2) is 128 Å². The maximum absolute atomic E-state index is 13.7. The number of ether oxygens (including phenoxy) is 1. The van der Waals surface area contributed by atoms with Gasteiger partial charge in [-0.1, -0.05) is 23.7 Å². The number of fused-ring (bicyclic) bond motifs is 4. The van der Waals surface area contributed by atoms with Crippen LogP contribution >= 0.6 is 22.9 Å². The molecule has 2 aromatic heterocycles. The third kappa shape index (κ3) is 7.90. The Labute approximate surface area is 395 Å². The third-order valence-corrected chi connectivity index (χ3v) is 15.6. The van der Waals surface area contributed by atoms with Crippen LogP contribution in [0, 0.1) is 20.8 Å². The first-order valence-corrected chi connectivity index (χ1v) is 24.1. The Kier molecular flexibility index (Phi) is 11.1. The number of aliphatic imine (C=N–C) groups is 1. The second-order valence-corrected chi connectivity index (χ2v) is 20.0. The number of carbonyl (C=O) groups excluding carboxylic acids is 5. The van der Waals surface area contributed by atoms with E-state index in [0.29, 0.717) is 39.7 Å². The van der Waals surface area contributed by atoms with E-state index in [9.17, 15) is 24.0 Å². The Morgan fingerprint density at radius 2 is 1.63 bits per heavy atom. The van der Waals surface area contributed by atoms with Crippen LogP contribution in [0.25, 0.3) is 5.00 Å². The van der Waals surface area contributed by atoms with Crippen molar-refractivity contribution in [3.63, 3.8) is 0 Å². The average molecular weight is 942 g/mol. The van der Waals surface area contributed by atoms with Crippen LogP contribution < -0.4 is 20.3 Å². The van der Waals surface area contributed by atoms with Crippen LogP contribution in [0.2, 0.25) is 5.02 Å². The van der Waals surface area contributed by atoms with E-state index in [1.807, 2.05) is 66.1 Å². The summed E-state index contributed by atoms with van der Waals surface area (Å²) in [7, 11) is 0. The average Bonchev–Trinajstić information content (AvgIpc) is 3.86. The smallest absolute Gasteiger partial charge is 0.262 e. The Morgan fingerprint density at radius 1 is 0.866 bits per heavy atom. The molecule has 0 aliphatic carbocycles. The summed E-state index contributed by atoms with van der Waals surface area (Å²) in [5.74, 6) is -0.0522. The van der Waals surface area contributed by atoms with E-state index in [4.69, 9.17) is 21.3 Å². The normalized spacial score (nSPS) is 22.3. The van der Waals surface area contributed by atoms with Crippen LogP contribution in [-0.2, 0) is 14.4 Å². The van der Waals surface area contributed by atoms with Gasteiger partial charge in [-0.05, 0) is 107 Å². The first-order chi connectivity index (χ1) is 32.4. The van der Waals surface area contributed by atoms with Crippen molar-refractivity contribution in [2.75, 3.05) is 49.5 Å². The number of aromatic nitrogens is 3. The Hall–Kier alpha value is -6.27. The molecular weight excluding hydrogens is 892 g/mol. The molecule has 11 rings (SSSR count). The fraction of sp³-hybridized carbons (Fsp3) is 0.388. The van der Waals surface area contributed by atoms with Gasteiger partial charge in [-0.3, -0.25) is 53.5 Å². The van der Waals surface area contributed by atoms with Gasteiger partial charge >= 0.3 is 0 Å². The number of aryl methyl sites for hydroxylation is 2. The van der Waals surface area contributed by atoms with E-state index in [2.05, 4.69) is 49.4 Å². The van der Waals surface area contributed by atoms with E-state index in [0.717, 1.165) is 102 Å². The van der Waals surface area contributed by atoms with Gasteiger partial charge in [0, 0.05) is 83.6 Å². The molecule has 3 aromatic carbocycles. The topological polar surface area (TPSA) is 175 Å². The second-order valence-electron chi connectivity index (χ2n) is 18.4. The number of anilines is 2. The van der Waals surface area contributed by atoms with E-state index in [1.165, 1.54) is 4.88 Å². The zero-order valence-electron chi connectivity index (χ0n) is 37.3. The van der Waals surface area contributed by atoms with E-state index < -0.39 is 35.7 Å². The molecule has 0 saturated carbocycles. The molecule has 5 amide bonds. The van der Waals surface area contributed by atoms with Gasteiger partial charge in [0.1, 0.15) is 34.8 Å². The molecule has 0 bridgehead atoms. The molecule has 0 radical (unpaired) electrons. The zero-order valence-corrected chi connectivity index (χ0v) is 38.9. The molecule has 3 atom stereocenters. The van der Waals surface area contributed by atoms with Crippen molar-refractivity contribution in [2.24, 2.45) is 4.99 Å². The summed E-state index contributed by atoms with van der Waals surface area (Å²) in [6.07, 6.45) is 2.63. The first kappa shape index (κ1) is 43.3. The molecule has 5 aromatic rings. The number of halogens is 1. The number of thiophene rings is 1. The summed E-state index contributed by atoms with van der Waals surface area (Å²) >= 11 is 7.95. The highest BCUT2D eigenvalue weighted by Gasteiger charge is 2.46. The van der Waals surface area contributed by atoms with Crippen molar-refractivity contribution >= 4 is 69.6 Å². The van der Waals surface area contributed by atoms with Gasteiger partial charge in [0.25, 0.3) is 11.8 Å². The Bertz CT molecular complexity index is 2880. The number of rotatable bonds is 10. The molecule has 0 spiro atoms. The molecule has 4 fully saturated rings. The lowest BCUT2D eigenvalue weighted by Crippen LogP contribution is -2.66. The maximum Gasteiger partial charge on any atom is 0.262 e. The molecule has 1 unspecified atom stereocenters. The number of hydrogen-bond acceptors (Lipinski definition) is 13. The van der Waals surface area contributed by atoms with Gasteiger partial charge in [0.2, 0.25) is 17.7 Å². The van der Waals surface area contributed by atoms with Crippen molar-refractivity contribution in [1.82, 2.24) is 34.8 Å². The van der Waals surface area contributed by atoms with Crippen molar-refractivity contribution in [1.29, 1.82) is 0 Å². The number of likely N-dealkylation sites (tertiary alicyclic amines) is 2. The number of benzene rings is 3. The molecule has 344 valence electrons. The summed E-state index contributed by atoms with van der Waals surface area (Å²) in [5.41, 5.74) is 6.01. The summed E-state index contributed by atoms with van der Waals surface area (Å²) in [6.45, 7) is 11.5. The first-order valence-electron chi connectivity index (χ1n) is 22.9. The van der Waals surface area contributed by atoms with Gasteiger partial charge in [-0.2, -0.15) is 0 Å². The second kappa shape index (κ2) is 17.1. The number of nitrogens with one attached hydrogen (secondary N) is 2. The zero-order chi connectivity index (χ0) is 46.2. The van der Waals surface area contributed by atoms with Crippen molar-refractivity contribution in [2.45, 2.75) is 83.1 Å². The van der Waals surface area contributed by atoms with E-state index in [1.54, 1.807) is 23.5 Å². The molecule has 6 aliphatic heterocycles. The maximum atomic E-state index is 13.7. The molecule has 6 aliphatic rings. The third-order valence-electron chi connectivity index (χ3n) is 14.2. The Balaban J connectivity index is 0.667. The highest BCUT2D eigenvalue weighted by Crippen LogP contribution is 2.40. The summed E-state index contributed by atoms with van der Waals surface area (Å²) < 4.78 is 8.42. The van der Waals surface area contributed by atoms with Gasteiger partial charge in [0.15, 0.2) is 5.82 Å². The van der Waals surface area contributed by atoms with Crippen LogP contribution in [0.1, 0.15) is 92.1 Å². The largest absolute Gasteiger partial charge is 0.488 e. The lowest BCUT2D eigenvalue weighted by molar-refractivity contribution is -0.136. The quantitative estimate of drug-likeness (QED) is 0.166. The number of amides is 5. The summed E-state index contributed by atoms with van der Waals surface area (Å²) in [6, 6.07) is 19.8. The predicted octanol–water partition coefficient (Wildman–Crippen LogP) is 5.65. The lowest BCUT2D eigenvalue weighted by Gasteiger charge is -2.52. The van der Waals surface area contributed by atoms with Crippen LogP contribution in [0.15, 0.2) is 71.7 Å². The number of hydrogen-bond donors (Lipinski definition) is 2. The van der Waals surface area contributed by atoms with E-state index in [-0.39, 0.29) is 31.3 Å². The summed E-state index contributed by atoms with van der Waals surface area (Å²) in [4.78, 5) is 79.1. The van der Waals surface area contributed by atoms with Gasteiger partial charge < -0.3 is 15.0 Å².